The average molecular weight is 504 g/mol. The van der Waals surface area contributed by atoms with Crippen LogP contribution in [0.15, 0.2) is 44.7 Å². The van der Waals surface area contributed by atoms with Crippen molar-refractivity contribution in [1.29, 1.82) is 0 Å². The van der Waals surface area contributed by atoms with Crippen LogP contribution in [-0.4, -0.2) is 27.4 Å². The molecule has 0 amide bonds. The minimum Gasteiger partial charge on any atom is -0.473 e. The molecule has 0 spiro atoms. The van der Waals surface area contributed by atoms with Gasteiger partial charge >= 0.3 is 5.69 Å². The van der Waals surface area contributed by atoms with Crippen molar-refractivity contribution in [3.05, 3.63) is 71.7 Å². The quantitative estimate of drug-likeness (QED) is 0.204. The molecule has 158 valence electrons. The predicted octanol–water partition coefficient (Wildman–Crippen LogP) is 4.57. The normalized spacial score (nSPS) is 11.0. The van der Waals surface area contributed by atoms with E-state index in [1.54, 1.807) is 12.1 Å². The van der Waals surface area contributed by atoms with E-state index in [2.05, 4.69) is 31.9 Å². The van der Waals surface area contributed by atoms with Gasteiger partial charge in [0.15, 0.2) is 0 Å². The van der Waals surface area contributed by atoms with Crippen LogP contribution in [0.25, 0.3) is 10.9 Å². The van der Waals surface area contributed by atoms with Crippen LogP contribution in [0, 0.1) is 22.5 Å². The summed E-state index contributed by atoms with van der Waals surface area (Å²) in [5, 5.41) is 16.1. The smallest absolute Gasteiger partial charge is 0.313 e. The van der Waals surface area contributed by atoms with E-state index >= 15 is 0 Å². The first-order valence-electron chi connectivity index (χ1n) is 9.15. The first-order valence-corrected chi connectivity index (χ1v) is 10.3. The van der Waals surface area contributed by atoms with Crippen LogP contribution >= 0.6 is 27.5 Å². The number of hydrogen-bond acceptors (Lipinski definition) is 6. The lowest BCUT2D eigenvalue weighted by molar-refractivity contribution is -0.385. The summed E-state index contributed by atoms with van der Waals surface area (Å²) in [6.45, 7) is 1.80. The van der Waals surface area contributed by atoms with Gasteiger partial charge in [-0.1, -0.05) is 40.4 Å². The minimum atomic E-state index is -0.626. The van der Waals surface area contributed by atoms with Gasteiger partial charge in [0.2, 0.25) is 5.75 Å². The zero-order valence-corrected chi connectivity index (χ0v) is 18.7. The Labute approximate surface area is 190 Å². The lowest BCUT2D eigenvalue weighted by atomic mass is 10.2. The molecule has 0 aliphatic carbocycles. The lowest BCUT2D eigenvalue weighted by Gasteiger charge is -2.09. The molecule has 3 aromatic rings. The highest BCUT2D eigenvalue weighted by molar-refractivity contribution is 9.10. The molecular formula is C21H16BrClN4O4. The Morgan fingerprint density at radius 3 is 2.87 bits per heavy atom. The molecule has 0 bridgehead atoms. The molecule has 0 unspecified atom stereocenters. The van der Waals surface area contributed by atoms with E-state index in [1.165, 1.54) is 23.0 Å². The highest BCUT2D eigenvalue weighted by Gasteiger charge is 2.20. The molecule has 0 radical (unpaired) electrons. The molecule has 2 aromatic carbocycles. The van der Waals surface area contributed by atoms with Crippen molar-refractivity contribution >= 4 is 50.3 Å². The fraction of sp³-hybridized carbons (Fsp3) is 0.190. The van der Waals surface area contributed by atoms with Crippen molar-refractivity contribution < 1.29 is 9.66 Å². The minimum absolute atomic E-state index is 0.00703. The Morgan fingerprint density at radius 1 is 1.42 bits per heavy atom. The molecule has 1 aromatic heterocycles. The summed E-state index contributed by atoms with van der Waals surface area (Å²) in [5.74, 6) is 2.59. The van der Waals surface area contributed by atoms with E-state index < -0.39 is 4.92 Å². The molecule has 3 rings (SSSR count). The first-order chi connectivity index (χ1) is 14.8. The number of nitro groups is 1. The van der Waals surface area contributed by atoms with E-state index in [0.29, 0.717) is 28.7 Å². The molecule has 0 fully saturated rings. The van der Waals surface area contributed by atoms with Crippen LogP contribution < -0.4 is 10.3 Å². The molecule has 0 aliphatic rings. The van der Waals surface area contributed by atoms with Gasteiger partial charge in [-0.2, -0.15) is 9.78 Å². The number of nitrogens with zero attached hydrogens (tertiary/aromatic N) is 4. The molecule has 10 heteroatoms. The molecule has 0 aliphatic heterocycles. The third kappa shape index (κ3) is 4.93. The van der Waals surface area contributed by atoms with Crippen molar-refractivity contribution in [2.24, 2.45) is 5.10 Å². The van der Waals surface area contributed by atoms with Crippen molar-refractivity contribution in [2.75, 3.05) is 6.61 Å². The van der Waals surface area contributed by atoms with Gasteiger partial charge in [0.25, 0.3) is 5.56 Å². The summed E-state index contributed by atoms with van der Waals surface area (Å²) in [5.41, 5.74) is 0.178. The monoisotopic (exact) mass is 502 g/mol. The number of nitro benzene ring substituents is 1. The Balaban J connectivity index is 2.11. The standard InChI is InChI=1S/C21H16BrClN4O4/c1-3-5-19-25-17-7-6-14(22)11-15(17)21(28)26(19)24-12-13-9-16(23)20(31-8-4-2)18(10-13)27(29)30/h2,6-7,9-12H,3,5,8H2,1H3. The van der Waals surface area contributed by atoms with Gasteiger partial charge in [0.1, 0.15) is 12.4 Å². The number of rotatable bonds is 7. The highest BCUT2D eigenvalue weighted by Crippen LogP contribution is 2.35. The number of hydrogen-bond donors (Lipinski definition) is 0. The van der Waals surface area contributed by atoms with E-state index in [9.17, 15) is 14.9 Å². The Hall–Kier alpha value is -3.22. The zero-order valence-electron chi connectivity index (χ0n) is 16.3. The van der Waals surface area contributed by atoms with Crippen molar-refractivity contribution in [2.45, 2.75) is 19.8 Å². The lowest BCUT2D eigenvalue weighted by Crippen LogP contribution is -2.22. The number of fused-ring (bicyclic) bond motifs is 1. The molecule has 8 nitrogen and oxygen atoms in total. The second-order valence-electron chi connectivity index (χ2n) is 6.40. The predicted molar refractivity (Wildman–Crippen MR) is 123 cm³/mol. The number of terminal acetylenes is 1. The molecular weight excluding hydrogens is 488 g/mol. The number of ether oxygens (including phenoxy) is 1. The van der Waals surface area contributed by atoms with Gasteiger partial charge in [0.05, 0.1) is 27.1 Å². The van der Waals surface area contributed by atoms with Gasteiger partial charge in [-0.3, -0.25) is 14.9 Å². The van der Waals surface area contributed by atoms with E-state index in [4.69, 9.17) is 22.8 Å². The SMILES string of the molecule is C#CCOc1c(Cl)cc(C=Nn2c(CCC)nc3ccc(Br)cc3c2=O)cc1[N+](=O)[O-]. The van der Waals surface area contributed by atoms with Gasteiger partial charge in [-0.05, 0) is 30.7 Å². The Bertz CT molecular complexity index is 1300. The second kappa shape index (κ2) is 9.73. The summed E-state index contributed by atoms with van der Waals surface area (Å²) in [6, 6.07) is 7.93. The summed E-state index contributed by atoms with van der Waals surface area (Å²) in [7, 11) is 0. The van der Waals surface area contributed by atoms with Crippen molar-refractivity contribution in [1.82, 2.24) is 9.66 Å². The van der Waals surface area contributed by atoms with E-state index in [-0.39, 0.29) is 28.6 Å². The van der Waals surface area contributed by atoms with E-state index in [1.807, 2.05) is 13.0 Å². The molecule has 0 saturated carbocycles. The molecule has 1 heterocycles. The zero-order chi connectivity index (χ0) is 22.5. The Kier molecular flexibility index (Phi) is 7.05. The van der Waals surface area contributed by atoms with Gasteiger partial charge in [-0.15, -0.1) is 6.42 Å². The summed E-state index contributed by atoms with van der Waals surface area (Å²) >= 11 is 9.51. The van der Waals surface area contributed by atoms with Gasteiger partial charge in [0, 0.05) is 22.5 Å². The highest BCUT2D eigenvalue weighted by atomic mass is 79.9. The second-order valence-corrected chi connectivity index (χ2v) is 7.72. The Morgan fingerprint density at radius 2 is 2.19 bits per heavy atom. The third-order valence-electron chi connectivity index (χ3n) is 4.21. The largest absolute Gasteiger partial charge is 0.473 e. The van der Waals surface area contributed by atoms with Gasteiger partial charge < -0.3 is 4.74 Å². The fourth-order valence-corrected chi connectivity index (χ4v) is 3.53. The molecule has 0 saturated heterocycles. The molecule has 31 heavy (non-hydrogen) atoms. The van der Waals surface area contributed by atoms with Crippen LogP contribution in [0.1, 0.15) is 24.7 Å². The maximum atomic E-state index is 13.0. The van der Waals surface area contributed by atoms with Gasteiger partial charge in [-0.25, -0.2) is 4.98 Å². The summed E-state index contributed by atoms with van der Waals surface area (Å²) in [6.07, 6.45) is 7.74. The first kappa shape index (κ1) is 22.5. The topological polar surface area (TPSA) is 99.6 Å². The number of halogens is 2. The van der Waals surface area contributed by atoms with Crippen molar-refractivity contribution in [3.63, 3.8) is 0 Å². The number of aromatic nitrogens is 2. The van der Waals surface area contributed by atoms with Crippen LogP contribution in [0.5, 0.6) is 5.75 Å². The van der Waals surface area contributed by atoms with Crippen LogP contribution in [0.2, 0.25) is 5.02 Å². The number of aryl methyl sites for hydroxylation is 1. The van der Waals surface area contributed by atoms with Crippen LogP contribution in [0.4, 0.5) is 5.69 Å². The summed E-state index contributed by atoms with van der Waals surface area (Å²) < 4.78 is 7.14. The average Bonchev–Trinajstić information content (AvgIpc) is 2.73. The van der Waals surface area contributed by atoms with E-state index in [0.717, 1.165) is 10.9 Å². The summed E-state index contributed by atoms with van der Waals surface area (Å²) in [4.78, 5) is 28.4. The molecule has 0 N–H and O–H groups in total. The van der Waals surface area contributed by atoms with Crippen LogP contribution in [-0.2, 0) is 6.42 Å². The molecule has 0 atom stereocenters. The number of benzene rings is 2. The van der Waals surface area contributed by atoms with Crippen molar-refractivity contribution in [3.8, 4) is 18.1 Å². The third-order valence-corrected chi connectivity index (χ3v) is 4.99. The van der Waals surface area contributed by atoms with Crippen LogP contribution in [0.3, 0.4) is 0 Å². The fourth-order valence-electron chi connectivity index (χ4n) is 2.89. The maximum absolute atomic E-state index is 13.0. The maximum Gasteiger partial charge on any atom is 0.313 e.